The van der Waals surface area contributed by atoms with Crippen LogP contribution in [0.5, 0.6) is 0 Å². The van der Waals surface area contributed by atoms with Crippen LogP contribution in [0.1, 0.15) is 44.9 Å². The number of aryl methyl sites for hydroxylation is 1. The van der Waals surface area contributed by atoms with E-state index in [1.165, 1.54) is 12.8 Å². The molecule has 1 unspecified atom stereocenters. The maximum atomic E-state index is 8.94. The molecule has 0 bridgehead atoms. The third-order valence-corrected chi connectivity index (χ3v) is 3.67. The number of rotatable bonds is 7. The number of hydrogen-bond donors (Lipinski definition) is 1. The van der Waals surface area contributed by atoms with E-state index in [9.17, 15) is 0 Å². The Labute approximate surface area is 109 Å². The highest BCUT2D eigenvalue weighted by Gasteiger charge is 2.25. The van der Waals surface area contributed by atoms with Gasteiger partial charge in [0.15, 0.2) is 0 Å². The van der Waals surface area contributed by atoms with E-state index in [4.69, 9.17) is 5.11 Å². The van der Waals surface area contributed by atoms with Gasteiger partial charge in [-0.05, 0) is 38.6 Å². The second kappa shape index (κ2) is 6.85. The zero-order chi connectivity index (χ0) is 12.8. The Morgan fingerprint density at radius 3 is 3.17 bits per heavy atom. The summed E-state index contributed by atoms with van der Waals surface area (Å²) in [6, 6.07) is 0.615. The first-order valence-electron chi connectivity index (χ1n) is 7.06. The third kappa shape index (κ3) is 3.29. The van der Waals surface area contributed by atoms with Crippen molar-refractivity contribution >= 4 is 0 Å². The summed E-state index contributed by atoms with van der Waals surface area (Å²) in [4.78, 5) is 6.87. The fourth-order valence-electron chi connectivity index (χ4n) is 2.75. The molecular formula is C13H24N4O. The Morgan fingerprint density at radius 2 is 2.39 bits per heavy atom. The van der Waals surface area contributed by atoms with Crippen LogP contribution in [0, 0.1) is 0 Å². The minimum atomic E-state index is 0.302. The molecule has 1 N–H and O–H groups in total. The van der Waals surface area contributed by atoms with Crippen LogP contribution < -0.4 is 0 Å². The van der Waals surface area contributed by atoms with E-state index in [2.05, 4.69) is 21.9 Å². The van der Waals surface area contributed by atoms with Gasteiger partial charge in [-0.3, -0.25) is 4.90 Å². The maximum absolute atomic E-state index is 8.94. The summed E-state index contributed by atoms with van der Waals surface area (Å²) in [6.07, 6.45) is 7.26. The van der Waals surface area contributed by atoms with E-state index < -0.39 is 0 Å². The number of aromatic nitrogens is 3. The molecule has 1 aromatic heterocycles. The van der Waals surface area contributed by atoms with Gasteiger partial charge in [0.25, 0.3) is 0 Å². The SMILES string of the molecule is CCCn1ncnc1CN1CCCC1CCCO. The molecular weight excluding hydrogens is 228 g/mol. The summed E-state index contributed by atoms with van der Waals surface area (Å²) in [5, 5.41) is 13.2. The Hall–Kier alpha value is -0.940. The van der Waals surface area contributed by atoms with Crippen molar-refractivity contribution < 1.29 is 5.11 Å². The zero-order valence-corrected chi connectivity index (χ0v) is 11.3. The van der Waals surface area contributed by atoms with Crippen LogP contribution in [0.4, 0.5) is 0 Å². The predicted molar refractivity (Wildman–Crippen MR) is 70.1 cm³/mol. The summed E-state index contributed by atoms with van der Waals surface area (Å²) in [5.74, 6) is 1.08. The molecule has 1 aliphatic rings. The van der Waals surface area contributed by atoms with E-state index in [0.29, 0.717) is 12.6 Å². The first-order valence-corrected chi connectivity index (χ1v) is 7.06. The second-order valence-electron chi connectivity index (χ2n) is 5.03. The Bertz CT molecular complexity index is 353. The molecule has 0 aliphatic carbocycles. The van der Waals surface area contributed by atoms with Crippen molar-refractivity contribution in [2.75, 3.05) is 13.2 Å². The first kappa shape index (κ1) is 13.5. The lowest BCUT2D eigenvalue weighted by molar-refractivity contribution is 0.203. The highest BCUT2D eigenvalue weighted by atomic mass is 16.2. The summed E-state index contributed by atoms with van der Waals surface area (Å²) in [6.45, 7) is 5.46. The van der Waals surface area contributed by atoms with Crippen LogP contribution in [-0.2, 0) is 13.1 Å². The minimum absolute atomic E-state index is 0.302. The van der Waals surface area contributed by atoms with Gasteiger partial charge in [-0.25, -0.2) is 9.67 Å². The van der Waals surface area contributed by atoms with E-state index >= 15 is 0 Å². The summed E-state index contributed by atoms with van der Waals surface area (Å²) < 4.78 is 2.02. The molecule has 1 aliphatic heterocycles. The molecule has 1 saturated heterocycles. The molecule has 18 heavy (non-hydrogen) atoms. The molecule has 0 aromatic carbocycles. The first-order chi connectivity index (χ1) is 8.85. The van der Waals surface area contributed by atoms with Crippen LogP contribution in [0.15, 0.2) is 6.33 Å². The number of aliphatic hydroxyl groups is 1. The Kier molecular flexibility index (Phi) is 5.13. The molecule has 102 valence electrons. The smallest absolute Gasteiger partial charge is 0.141 e. The van der Waals surface area contributed by atoms with E-state index in [1.807, 2.05) is 4.68 Å². The number of aliphatic hydroxyl groups excluding tert-OH is 1. The summed E-state index contributed by atoms with van der Waals surface area (Å²) in [5.41, 5.74) is 0. The van der Waals surface area contributed by atoms with Gasteiger partial charge in [0.2, 0.25) is 0 Å². The highest BCUT2D eigenvalue weighted by molar-refractivity contribution is 4.89. The van der Waals surface area contributed by atoms with Gasteiger partial charge in [-0.15, -0.1) is 0 Å². The van der Waals surface area contributed by atoms with Crippen molar-refractivity contribution in [3.8, 4) is 0 Å². The minimum Gasteiger partial charge on any atom is -0.396 e. The molecule has 1 atom stereocenters. The van der Waals surface area contributed by atoms with Gasteiger partial charge < -0.3 is 5.11 Å². The van der Waals surface area contributed by atoms with Crippen LogP contribution >= 0.6 is 0 Å². The van der Waals surface area contributed by atoms with Crippen LogP contribution in [0.2, 0.25) is 0 Å². The summed E-state index contributed by atoms with van der Waals surface area (Å²) in [7, 11) is 0. The Morgan fingerprint density at radius 1 is 1.50 bits per heavy atom. The van der Waals surface area contributed by atoms with Crippen LogP contribution in [-0.4, -0.2) is 44.0 Å². The molecule has 5 heteroatoms. The van der Waals surface area contributed by atoms with Crippen molar-refractivity contribution in [2.24, 2.45) is 0 Å². The van der Waals surface area contributed by atoms with Crippen molar-refractivity contribution in [1.82, 2.24) is 19.7 Å². The van der Waals surface area contributed by atoms with Gasteiger partial charge in [-0.2, -0.15) is 5.10 Å². The quantitative estimate of drug-likeness (QED) is 0.797. The second-order valence-corrected chi connectivity index (χ2v) is 5.03. The molecule has 0 radical (unpaired) electrons. The average molecular weight is 252 g/mol. The van der Waals surface area contributed by atoms with Crippen molar-refractivity contribution in [2.45, 2.75) is 58.2 Å². The predicted octanol–water partition coefficient (Wildman–Crippen LogP) is 1.43. The molecule has 1 fully saturated rings. The lowest BCUT2D eigenvalue weighted by Crippen LogP contribution is -2.30. The maximum Gasteiger partial charge on any atom is 0.141 e. The van der Waals surface area contributed by atoms with Gasteiger partial charge >= 0.3 is 0 Å². The largest absolute Gasteiger partial charge is 0.396 e. The standard InChI is InChI=1S/C13H24N4O/c1-2-7-17-13(14-11-15-17)10-16-8-3-5-12(16)6-4-9-18/h11-12,18H,2-10H2,1H3. The van der Waals surface area contributed by atoms with Gasteiger partial charge in [-0.1, -0.05) is 6.92 Å². The molecule has 2 rings (SSSR count). The van der Waals surface area contributed by atoms with Gasteiger partial charge in [0, 0.05) is 19.2 Å². The molecule has 0 saturated carbocycles. The molecule has 0 spiro atoms. The van der Waals surface area contributed by atoms with Crippen molar-refractivity contribution in [3.05, 3.63) is 12.2 Å². The fraction of sp³-hybridized carbons (Fsp3) is 0.846. The topological polar surface area (TPSA) is 54.2 Å². The lowest BCUT2D eigenvalue weighted by atomic mass is 10.1. The molecule has 5 nitrogen and oxygen atoms in total. The fourth-order valence-corrected chi connectivity index (χ4v) is 2.75. The van der Waals surface area contributed by atoms with E-state index in [1.54, 1.807) is 6.33 Å². The van der Waals surface area contributed by atoms with E-state index in [-0.39, 0.29) is 0 Å². The third-order valence-electron chi connectivity index (χ3n) is 3.67. The molecule has 2 heterocycles. The van der Waals surface area contributed by atoms with Crippen LogP contribution in [0.3, 0.4) is 0 Å². The van der Waals surface area contributed by atoms with Crippen LogP contribution in [0.25, 0.3) is 0 Å². The lowest BCUT2D eigenvalue weighted by Gasteiger charge is -2.23. The summed E-state index contributed by atoms with van der Waals surface area (Å²) >= 11 is 0. The number of hydrogen-bond acceptors (Lipinski definition) is 4. The van der Waals surface area contributed by atoms with Crippen molar-refractivity contribution in [1.29, 1.82) is 0 Å². The molecule has 1 aromatic rings. The Balaban J connectivity index is 1.92. The average Bonchev–Trinajstić information content (AvgIpc) is 2.98. The van der Waals surface area contributed by atoms with Gasteiger partial charge in [0.05, 0.1) is 6.54 Å². The number of likely N-dealkylation sites (tertiary alicyclic amines) is 1. The zero-order valence-electron chi connectivity index (χ0n) is 11.3. The molecule has 0 amide bonds. The van der Waals surface area contributed by atoms with Crippen molar-refractivity contribution in [3.63, 3.8) is 0 Å². The van der Waals surface area contributed by atoms with Gasteiger partial charge in [0.1, 0.15) is 12.2 Å². The number of nitrogens with zero attached hydrogens (tertiary/aromatic N) is 4. The monoisotopic (exact) mass is 252 g/mol. The highest BCUT2D eigenvalue weighted by Crippen LogP contribution is 2.22. The normalized spacial score (nSPS) is 20.7. The van der Waals surface area contributed by atoms with E-state index in [0.717, 1.165) is 44.7 Å².